The Hall–Kier alpha value is -3.46. The van der Waals surface area contributed by atoms with Gasteiger partial charge in [-0.2, -0.15) is 0 Å². The van der Waals surface area contributed by atoms with Crippen LogP contribution in [-0.4, -0.2) is 35.7 Å². The first-order valence-electron chi connectivity index (χ1n) is 12.2. The van der Waals surface area contributed by atoms with Gasteiger partial charge in [-0.05, 0) is 81.8 Å². The minimum absolute atomic E-state index is 0.0197. The summed E-state index contributed by atoms with van der Waals surface area (Å²) in [6, 6.07) is 6.38. The molecule has 2 aromatic carbocycles. The highest BCUT2D eigenvalue weighted by Gasteiger charge is 2.20. The number of fused-ring (bicyclic) bond motifs is 1. The van der Waals surface area contributed by atoms with Crippen LogP contribution in [0.25, 0.3) is 11.0 Å². The van der Waals surface area contributed by atoms with Gasteiger partial charge < -0.3 is 24.3 Å². The SMILES string of the molecule is COc1cc(CCC(=O)NC(C)CCCC(C)(C)O)cc2c(C(=O)OCc3cc(F)cc(F)c3)coc12. The van der Waals surface area contributed by atoms with Crippen LogP contribution in [0.15, 0.2) is 41.0 Å². The predicted octanol–water partition coefficient (Wildman–Crippen LogP) is 5.46. The molecule has 0 saturated carbocycles. The molecule has 0 aliphatic rings. The van der Waals surface area contributed by atoms with E-state index in [4.69, 9.17) is 13.9 Å². The smallest absolute Gasteiger partial charge is 0.342 e. The van der Waals surface area contributed by atoms with Gasteiger partial charge in [-0.25, -0.2) is 13.6 Å². The molecule has 7 nitrogen and oxygen atoms in total. The molecule has 0 aliphatic heterocycles. The number of furan rings is 1. The van der Waals surface area contributed by atoms with Gasteiger partial charge in [0.1, 0.15) is 30.1 Å². The third kappa shape index (κ3) is 8.28. The molecule has 37 heavy (non-hydrogen) atoms. The molecule has 1 atom stereocenters. The maximum absolute atomic E-state index is 13.4. The number of nitrogens with one attached hydrogen (secondary N) is 1. The van der Waals surface area contributed by atoms with E-state index < -0.39 is 23.2 Å². The highest BCUT2D eigenvalue weighted by atomic mass is 19.1. The first-order chi connectivity index (χ1) is 17.4. The van der Waals surface area contributed by atoms with Gasteiger partial charge in [0.15, 0.2) is 11.3 Å². The van der Waals surface area contributed by atoms with Gasteiger partial charge in [-0.3, -0.25) is 4.79 Å². The fourth-order valence-electron chi connectivity index (χ4n) is 4.06. The van der Waals surface area contributed by atoms with Crippen LogP contribution in [0.2, 0.25) is 0 Å². The number of rotatable bonds is 12. The third-order valence-corrected chi connectivity index (χ3v) is 5.91. The van der Waals surface area contributed by atoms with E-state index in [0.717, 1.165) is 36.6 Å². The van der Waals surface area contributed by atoms with E-state index in [1.807, 2.05) is 6.92 Å². The zero-order valence-corrected chi connectivity index (χ0v) is 21.5. The van der Waals surface area contributed by atoms with Gasteiger partial charge in [-0.15, -0.1) is 0 Å². The molecule has 0 saturated heterocycles. The number of esters is 1. The highest BCUT2D eigenvalue weighted by Crippen LogP contribution is 2.32. The molecule has 200 valence electrons. The molecular weight excluding hydrogens is 484 g/mol. The lowest BCUT2D eigenvalue weighted by Gasteiger charge is -2.19. The van der Waals surface area contributed by atoms with Crippen LogP contribution in [0.3, 0.4) is 0 Å². The molecule has 0 fully saturated rings. The molecule has 1 heterocycles. The third-order valence-electron chi connectivity index (χ3n) is 5.91. The lowest BCUT2D eigenvalue weighted by molar-refractivity contribution is -0.121. The van der Waals surface area contributed by atoms with Crippen molar-refractivity contribution in [2.24, 2.45) is 0 Å². The van der Waals surface area contributed by atoms with Crippen molar-refractivity contribution in [2.75, 3.05) is 7.11 Å². The van der Waals surface area contributed by atoms with Crippen LogP contribution >= 0.6 is 0 Å². The summed E-state index contributed by atoms with van der Waals surface area (Å²) < 4.78 is 43.0. The number of aliphatic hydroxyl groups is 1. The molecule has 2 N–H and O–H groups in total. The molecule has 1 aromatic heterocycles. The number of hydrogen-bond acceptors (Lipinski definition) is 6. The Morgan fingerprint density at radius 3 is 2.46 bits per heavy atom. The fraction of sp³-hybridized carbons (Fsp3) is 0.429. The Labute approximate surface area is 214 Å². The van der Waals surface area contributed by atoms with E-state index in [9.17, 15) is 23.5 Å². The number of ether oxygens (including phenoxy) is 2. The number of aryl methyl sites for hydroxylation is 1. The monoisotopic (exact) mass is 517 g/mol. The van der Waals surface area contributed by atoms with Crippen molar-refractivity contribution in [1.29, 1.82) is 0 Å². The Morgan fingerprint density at radius 2 is 1.81 bits per heavy atom. The topological polar surface area (TPSA) is 98.0 Å². The summed E-state index contributed by atoms with van der Waals surface area (Å²) in [5, 5.41) is 13.2. The van der Waals surface area contributed by atoms with Gasteiger partial charge in [0.2, 0.25) is 5.91 Å². The second kappa shape index (κ2) is 12.2. The molecule has 9 heteroatoms. The molecule has 3 aromatic rings. The summed E-state index contributed by atoms with van der Waals surface area (Å²) in [7, 11) is 1.47. The maximum Gasteiger partial charge on any atom is 0.342 e. The molecule has 0 bridgehead atoms. The molecule has 1 unspecified atom stereocenters. The highest BCUT2D eigenvalue weighted by molar-refractivity contribution is 6.04. The van der Waals surface area contributed by atoms with Crippen molar-refractivity contribution in [3.8, 4) is 5.75 Å². The van der Waals surface area contributed by atoms with Gasteiger partial charge >= 0.3 is 5.97 Å². The summed E-state index contributed by atoms with van der Waals surface area (Å²) in [4.78, 5) is 25.2. The summed E-state index contributed by atoms with van der Waals surface area (Å²) in [5.41, 5.74) is 0.697. The number of halogens is 2. The average molecular weight is 518 g/mol. The number of carbonyl (C=O) groups is 2. The minimum Gasteiger partial charge on any atom is -0.493 e. The lowest BCUT2D eigenvalue weighted by Crippen LogP contribution is -2.33. The molecule has 1 amide bonds. The first-order valence-corrected chi connectivity index (χ1v) is 12.2. The van der Waals surface area contributed by atoms with E-state index >= 15 is 0 Å². The van der Waals surface area contributed by atoms with E-state index in [1.165, 1.54) is 13.4 Å². The van der Waals surface area contributed by atoms with E-state index in [0.29, 0.717) is 29.6 Å². The number of carbonyl (C=O) groups excluding carboxylic acids is 2. The van der Waals surface area contributed by atoms with Crippen molar-refractivity contribution in [3.05, 3.63) is 64.9 Å². The summed E-state index contributed by atoms with van der Waals surface area (Å²) in [6.07, 6.45) is 4.09. The van der Waals surface area contributed by atoms with E-state index in [1.54, 1.807) is 26.0 Å². The quantitative estimate of drug-likeness (QED) is 0.310. The first kappa shape index (κ1) is 28.1. The average Bonchev–Trinajstić information content (AvgIpc) is 3.23. The Balaban J connectivity index is 1.64. The maximum atomic E-state index is 13.4. The van der Waals surface area contributed by atoms with Gasteiger partial charge in [0.25, 0.3) is 0 Å². The zero-order chi connectivity index (χ0) is 27.2. The fourth-order valence-corrected chi connectivity index (χ4v) is 4.06. The van der Waals surface area contributed by atoms with Crippen LogP contribution in [0.1, 0.15) is 67.9 Å². The standard InChI is InChI=1S/C28H33F2NO6/c1-17(6-5-9-28(2,3)34)31-25(32)8-7-18-12-22-23(16-36-26(22)24(13-18)35-4)27(33)37-15-19-10-20(29)14-21(30)11-19/h10-14,16-17,34H,5-9,15H2,1-4H3,(H,31,32). The van der Waals surface area contributed by atoms with E-state index in [-0.39, 0.29) is 36.1 Å². The zero-order valence-electron chi connectivity index (χ0n) is 21.5. The minimum atomic E-state index is -0.762. The van der Waals surface area contributed by atoms with Crippen molar-refractivity contribution in [3.63, 3.8) is 0 Å². The molecule has 0 aliphatic carbocycles. The lowest BCUT2D eigenvalue weighted by atomic mass is 9.99. The van der Waals surface area contributed by atoms with Crippen molar-refractivity contribution < 1.29 is 37.4 Å². The van der Waals surface area contributed by atoms with Crippen LogP contribution < -0.4 is 10.1 Å². The Morgan fingerprint density at radius 1 is 1.11 bits per heavy atom. The largest absolute Gasteiger partial charge is 0.493 e. The van der Waals surface area contributed by atoms with Crippen LogP contribution in [-0.2, 0) is 22.6 Å². The molecule has 3 rings (SSSR count). The molecule has 0 spiro atoms. The van der Waals surface area contributed by atoms with Crippen molar-refractivity contribution in [2.45, 2.75) is 71.1 Å². The normalized spacial score (nSPS) is 12.4. The summed E-state index contributed by atoms with van der Waals surface area (Å²) in [6.45, 7) is 5.14. The van der Waals surface area contributed by atoms with Crippen molar-refractivity contribution >= 4 is 22.8 Å². The van der Waals surface area contributed by atoms with Gasteiger partial charge in [-0.1, -0.05) is 0 Å². The van der Waals surface area contributed by atoms with Crippen molar-refractivity contribution in [1.82, 2.24) is 5.32 Å². The number of methoxy groups -OCH3 is 1. The van der Waals surface area contributed by atoms with Crippen LogP contribution in [0.5, 0.6) is 5.75 Å². The number of amides is 1. The van der Waals surface area contributed by atoms with Gasteiger partial charge in [0, 0.05) is 23.9 Å². The second-order valence-corrected chi connectivity index (χ2v) is 9.85. The molecular formula is C28H33F2NO6. The second-order valence-electron chi connectivity index (χ2n) is 9.85. The van der Waals surface area contributed by atoms with Gasteiger partial charge in [0.05, 0.1) is 12.7 Å². The number of hydrogen-bond donors (Lipinski definition) is 2. The predicted molar refractivity (Wildman–Crippen MR) is 134 cm³/mol. The summed E-state index contributed by atoms with van der Waals surface area (Å²) >= 11 is 0. The van der Waals surface area contributed by atoms with Crippen LogP contribution in [0.4, 0.5) is 8.78 Å². The Kier molecular flexibility index (Phi) is 9.26. The molecule has 0 radical (unpaired) electrons. The Bertz CT molecular complexity index is 1230. The van der Waals surface area contributed by atoms with E-state index in [2.05, 4.69) is 5.32 Å². The number of benzene rings is 2. The summed E-state index contributed by atoms with van der Waals surface area (Å²) in [5.74, 6) is -1.95. The van der Waals surface area contributed by atoms with Crippen LogP contribution in [0, 0.1) is 11.6 Å².